The van der Waals surface area contributed by atoms with Crippen molar-refractivity contribution in [3.05, 3.63) is 90.0 Å². The molecule has 3 rings (SSSR count). The highest BCUT2D eigenvalue weighted by Crippen LogP contribution is 2.23. The van der Waals surface area contributed by atoms with Gasteiger partial charge in [-0.05, 0) is 57.1 Å². The van der Waals surface area contributed by atoms with E-state index >= 15 is 0 Å². The van der Waals surface area contributed by atoms with E-state index in [1.54, 1.807) is 33.2 Å². The number of benzene rings is 2. The van der Waals surface area contributed by atoms with Crippen LogP contribution in [0.1, 0.15) is 64.0 Å². The monoisotopic (exact) mass is 534 g/mol. The minimum Gasteiger partial charge on any atom is -0.444 e. The van der Waals surface area contributed by atoms with E-state index < -0.39 is 29.8 Å². The Morgan fingerprint density at radius 2 is 1.54 bits per heavy atom. The van der Waals surface area contributed by atoms with Crippen LogP contribution in [0.4, 0.5) is 4.79 Å². The number of carbonyl (C=O) groups excluding carboxylic acids is 2. The molecule has 0 bridgehead atoms. The Balaban J connectivity index is 1.83. The van der Waals surface area contributed by atoms with E-state index in [-0.39, 0.29) is 24.3 Å². The highest BCUT2D eigenvalue weighted by molar-refractivity contribution is 5.79. The third kappa shape index (κ3) is 9.87. The van der Waals surface area contributed by atoms with Gasteiger partial charge in [0.1, 0.15) is 11.4 Å². The Bertz CT molecular complexity index is 1140. The number of hydrogen-bond acceptors (Lipinski definition) is 5. The third-order valence-electron chi connectivity index (χ3n) is 6.47. The fourth-order valence-corrected chi connectivity index (χ4v) is 4.52. The number of aromatic amines is 1. The van der Waals surface area contributed by atoms with Gasteiger partial charge in [0.2, 0.25) is 5.91 Å². The van der Waals surface area contributed by atoms with E-state index in [0.29, 0.717) is 18.7 Å². The van der Waals surface area contributed by atoms with Crippen molar-refractivity contribution >= 4 is 12.0 Å². The van der Waals surface area contributed by atoms with Crippen LogP contribution < -0.4 is 10.6 Å². The first-order valence-electron chi connectivity index (χ1n) is 13.6. The Hall–Kier alpha value is -3.65. The second-order valence-corrected chi connectivity index (χ2v) is 11.3. The zero-order valence-electron chi connectivity index (χ0n) is 23.6. The largest absolute Gasteiger partial charge is 0.444 e. The fraction of sp³-hybridized carbons (Fsp3) is 0.452. The summed E-state index contributed by atoms with van der Waals surface area (Å²) in [6, 6.07) is 18.4. The number of ether oxygens (including phenoxy) is 1. The van der Waals surface area contributed by atoms with Crippen molar-refractivity contribution in [3.8, 4) is 0 Å². The first-order chi connectivity index (χ1) is 18.5. The summed E-state index contributed by atoms with van der Waals surface area (Å²) in [4.78, 5) is 33.9. The number of aliphatic hydroxyl groups excluding tert-OH is 1. The summed E-state index contributed by atoms with van der Waals surface area (Å²) in [6.45, 7) is 9.42. The second kappa shape index (κ2) is 13.9. The molecule has 0 fully saturated rings. The van der Waals surface area contributed by atoms with Crippen molar-refractivity contribution in [2.45, 2.75) is 77.7 Å². The van der Waals surface area contributed by atoms with Crippen LogP contribution >= 0.6 is 0 Å². The van der Waals surface area contributed by atoms with Crippen LogP contribution in [0, 0.1) is 11.8 Å². The molecule has 2 amide bonds. The first kappa shape index (κ1) is 29.9. The minimum absolute atomic E-state index is 0.0991. The van der Waals surface area contributed by atoms with Crippen LogP contribution in [0.3, 0.4) is 0 Å². The number of aliphatic hydroxyl groups is 1. The van der Waals surface area contributed by atoms with Gasteiger partial charge in [-0.2, -0.15) is 0 Å². The molecule has 39 heavy (non-hydrogen) atoms. The molecule has 0 aliphatic carbocycles. The predicted molar refractivity (Wildman–Crippen MR) is 152 cm³/mol. The van der Waals surface area contributed by atoms with E-state index in [9.17, 15) is 14.7 Å². The maximum absolute atomic E-state index is 13.7. The Morgan fingerprint density at radius 3 is 2.05 bits per heavy atom. The number of nitrogens with one attached hydrogen (secondary N) is 3. The summed E-state index contributed by atoms with van der Waals surface area (Å²) in [7, 11) is 0. The highest BCUT2D eigenvalue weighted by Gasteiger charge is 2.32. The molecule has 2 aromatic carbocycles. The molecule has 0 spiro atoms. The SMILES string of the molecule is CC(C)C(NC(=O)C(Cc1ccccc1)CC(O)C(Cc1ccccc1)NC(=O)OC(C)(C)C)c1ncc[nH]1. The first-order valence-corrected chi connectivity index (χ1v) is 13.6. The fourth-order valence-electron chi connectivity index (χ4n) is 4.52. The molecule has 0 aliphatic rings. The molecule has 4 unspecified atom stereocenters. The van der Waals surface area contributed by atoms with Gasteiger partial charge in [0.15, 0.2) is 0 Å². The number of hydrogen-bond donors (Lipinski definition) is 4. The molecule has 3 aromatic rings. The van der Waals surface area contributed by atoms with Gasteiger partial charge in [-0.3, -0.25) is 4.79 Å². The van der Waals surface area contributed by atoms with Crippen LogP contribution in [-0.2, 0) is 22.4 Å². The lowest BCUT2D eigenvalue weighted by molar-refractivity contribution is -0.127. The van der Waals surface area contributed by atoms with Crippen molar-refractivity contribution < 1.29 is 19.4 Å². The average Bonchev–Trinajstić information content (AvgIpc) is 3.41. The number of imidazole rings is 1. The number of aromatic nitrogens is 2. The number of alkyl carbamates (subject to hydrolysis) is 1. The van der Waals surface area contributed by atoms with Gasteiger partial charge >= 0.3 is 6.09 Å². The van der Waals surface area contributed by atoms with Crippen molar-refractivity contribution in [2.24, 2.45) is 11.8 Å². The summed E-state index contributed by atoms with van der Waals surface area (Å²) < 4.78 is 5.47. The van der Waals surface area contributed by atoms with E-state index in [0.717, 1.165) is 11.1 Å². The van der Waals surface area contributed by atoms with Gasteiger partial charge in [0.05, 0.1) is 18.2 Å². The summed E-state index contributed by atoms with van der Waals surface area (Å²) >= 11 is 0. The molecule has 0 saturated carbocycles. The predicted octanol–water partition coefficient (Wildman–Crippen LogP) is 4.97. The molecule has 8 heteroatoms. The Labute approximate surface area is 231 Å². The zero-order chi connectivity index (χ0) is 28.4. The molecule has 8 nitrogen and oxygen atoms in total. The summed E-state index contributed by atoms with van der Waals surface area (Å²) in [5, 5.41) is 17.5. The van der Waals surface area contributed by atoms with Gasteiger partial charge in [-0.25, -0.2) is 9.78 Å². The van der Waals surface area contributed by atoms with Gasteiger partial charge in [-0.1, -0.05) is 74.5 Å². The van der Waals surface area contributed by atoms with Crippen molar-refractivity contribution in [1.29, 1.82) is 0 Å². The summed E-state index contributed by atoms with van der Waals surface area (Å²) in [5.74, 6) is 0.0639. The standard InChI is InChI=1S/C31H42N4O4/c1-21(2)27(28-32-16-17-33-28)35-29(37)24(18-22-12-8-6-9-13-22)20-26(36)25(19-23-14-10-7-11-15-23)34-30(38)39-31(3,4)5/h6-17,21,24-27,36H,18-20H2,1-5H3,(H,32,33)(H,34,38)(H,35,37). The maximum atomic E-state index is 13.7. The lowest BCUT2D eigenvalue weighted by Crippen LogP contribution is -2.48. The van der Waals surface area contributed by atoms with Gasteiger partial charge < -0.3 is 25.5 Å². The van der Waals surface area contributed by atoms with E-state index in [4.69, 9.17) is 4.74 Å². The lowest BCUT2D eigenvalue weighted by atomic mass is 9.88. The van der Waals surface area contributed by atoms with Gasteiger partial charge in [0.25, 0.3) is 0 Å². The summed E-state index contributed by atoms with van der Waals surface area (Å²) in [5.41, 5.74) is 1.27. The van der Waals surface area contributed by atoms with Crippen LogP contribution in [0.25, 0.3) is 0 Å². The maximum Gasteiger partial charge on any atom is 0.407 e. The highest BCUT2D eigenvalue weighted by atomic mass is 16.6. The molecule has 210 valence electrons. The van der Waals surface area contributed by atoms with E-state index in [1.807, 2.05) is 74.5 Å². The summed E-state index contributed by atoms with van der Waals surface area (Å²) in [6.07, 6.45) is 2.77. The van der Waals surface area contributed by atoms with E-state index in [1.165, 1.54) is 0 Å². The van der Waals surface area contributed by atoms with E-state index in [2.05, 4.69) is 20.6 Å². The quantitative estimate of drug-likeness (QED) is 0.262. The number of carbonyl (C=O) groups is 2. The lowest BCUT2D eigenvalue weighted by Gasteiger charge is -2.30. The molecule has 4 N–H and O–H groups in total. The number of amides is 2. The Kier molecular flexibility index (Phi) is 10.7. The van der Waals surface area contributed by atoms with Crippen molar-refractivity contribution in [1.82, 2.24) is 20.6 Å². The molecule has 0 aliphatic heterocycles. The molecular formula is C31H42N4O4. The molecule has 1 aromatic heterocycles. The van der Waals surface area contributed by atoms with Crippen LogP contribution in [-0.4, -0.2) is 44.8 Å². The van der Waals surface area contributed by atoms with Crippen LogP contribution in [0.15, 0.2) is 73.1 Å². The smallest absolute Gasteiger partial charge is 0.407 e. The third-order valence-corrected chi connectivity index (χ3v) is 6.47. The second-order valence-electron chi connectivity index (χ2n) is 11.3. The molecule has 0 radical (unpaired) electrons. The van der Waals surface area contributed by atoms with Gasteiger partial charge in [-0.15, -0.1) is 0 Å². The molecular weight excluding hydrogens is 492 g/mol. The van der Waals surface area contributed by atoms with Crippen molar-refractivity contribution in [3.63, 3.8) is 0 Å². The number of H-pyrrole nitrogens is 1. The number of rotatable bonds is 12. The normalized spacial score (nSPS) is 14.7. The average molecular weight is 535 g/mol. The van der Waals surface area contributed by atoms with Gasteiger partial charge in [0, 0.05) is 18.3 Å². The van der Waals surface area contributed by atoms with Crippen LogP contribution in [0.2, 0.25) is 0 Å². The molecule has 1 heterocycles. The molecule has 4 atom stereocenters. The zero-order valence-corrected chi connectivity index (χ0v) is 23.6. The molecule has 0 saturated heterocycles. The van der Waals surface area contributed by atoms with Crippen LogP contribution in [0.5, 0.6) is 0 Å². The minimum atomic E-state index is -1.00. The number of nitrogens with zero attached hydrogens (tertiary/aromatic N) is 1. The Morgan fingerprint density at radius 1 is 0.949 bits per heavy atom. The topological polar surface area (TPSA) is 116 Å². The van der Waals surface area contributed by atoms with Crippen molar-refractivity contribution in [2.75, 3.05) is 0 Å².